The number of rotatable bonds is 3. The van der Waals surface area contributed by atoms with Crippen LogP contribution in [-0.4, -0.2) is 28.9 Å². The van der Waals surface area contributed by atoms with Gasteiger partial charge in [-0.05, 0) is 51.5 Å². The molecule has 0 spiro atoms. The van der Waals surface area contributed by atoms with Crippen LogP contribution in [0.3, 0.4) is 0 Å². The van der Waals surface area contributed by atoms with Crippen molar-refractivity contribution in [3.8, 4) is 0 Å². The van der Waals surface area contributed by atoms with E-state index in [9.17, 15) is 0 Å². The Hall–Kier alpha value is -1.03. The number of hydrogen-bond acceptors (Lipinski definition) is 3. The lowest BCUT2D eigenvalue weighted by Gasteiger charge is -2.45. The minimum atomic E-state index is 0.710. The van der Waals surface area contributed by atoms with Crippen LogP contribution in [-0.2, 0) is 13.5 Å². The molecule has 1 saturated carbocycles. The quantitative estimate of drug-likeness (QED) is 0.922. The first-order valence-corrected chi connectivity index (χ1v) is 8.21. The van der Waals surface area contributed by atoms with Crippen molar-refractivity contribution in [2.75, 3.05) is 18.0 Å². The molecular formula is C16H28N4. The van der Waals surface area contributed by atoms with E-state index in [1.165, 1.54) is 56.5 Å². The van der Waals surface area contributed by atoms with Gasteiger partial charge < -0.3 is 10.6 Å². The highest BCUT2D eigenvalue weighted by molar-refractivity contribution is 5.52. The van der Waals surface area contributed by atoms with Gasteiger partial charge >= 0.3 is 0 Å². The number of hydrogen-bond donors (Lipinski definition) is 1. The summed E-state index contributed by atoms with van der Waals surface area (Å²) in [6.45, 7) is 4.02. The highest BCUT2D eigenvalue weighted by Crippen LogP contribution is 2.39. The molecule has 0 unspecified atom stereocenters. The summed E-state index contributed by atoms with van der Waals surface area (Å²) in [5.41, 5.74) is 8.35. The molecule has 2 N–H and O–H groups in total. The number of fused-ring (bicyclic) bond motifs is 1. The van der Waals surface area contributed by atoms with Gasteiger partial charge in [0.05, 0.1) is 5.69 Å². The monoisotopic (exact) mass is 276 g/mol. The molecule has 2 atom stereocenters. The molecule has 1 aliphatic heterocycles. The number of nitrogens with two attached hydrogens (primary N) is 1. The molecule has 4 heteroatoms. The van der Waals surface area contributed by atoms with Crippen molar-refractivity contribution in [1.29, 1.82) is 0 Å². The van der Waals surface area contributed by atoms with Crippen LogP contribution in [0, 0.1) is 12.8 Å². The van der Waals surface area contributed by atoms with Gasteiger partial charge in [-0.2, -0.15) is 5.10 Å². The molecule has 1 aliphatic carbocycles. The standard InChI is InChI=1S/C16H28N4/c1-12-14(9-10-17)16(19(2)18-12)20-11-5-7-13-6-3-4-8-15(13)20/h13,15H,3-11,17H2,1-2H3/t13-,15-/m1/s1. The molecule has 3 rings (SSSR count). The van der Waals surface area contributed by atoms with Crippen LogP contribution in [0.5, 0.6) is 0 Å². The molecular weight excluding hydrogens is 248 g/mol. The summed E-state index contributed by atoms with van der Waals surface area (Å²) in [5.74, 6) is 2.25. The fourth-order valence-electron chi connectivity index (χ4n) is 4.37. The predicted octanol–water partition coefficient (Wildman–Crippen LogP) is 2.39. The highest BCUT2D eigenvalue weighted by Gasteiger charge is 2.35. The van der Waals surface area contributed by atoms with E-state index >= 15 is 0 Å². The number of aromatic nitrogens is 2. The molecule has 1 saturated heterocycles. The third kappa shape index (κ3) is 2.34. The van der Waals surface area contributed by atoms with Gasteiger partial charge in [0.15, 0.2) is 0 Å². The SMILES string of the molecule is Cc1nn(C)c(N2CCC[C@H]3CCCC[C@H]32)c1CCN. The summed E-state index contributed by atoms with van der Waals surface area (Å²) in [5, 5.41) is 4.66. The molecule has 0 aromatic carbocycles. The maximum absolute atomic E-state index is 5.81. The number of aryl methyl sites for hydroxylation is 2. The first kappa shape index (κ1) is 13.9. The number of anilines is 1. The van der Waals surface area contributed by atoms with Crippen LogP contribution in [0.2, 0.25) is 0 Å². The van der Waals surface area contributed by atoms with Gasteiger partial charge in [-0.15, -0.1) is 0 Å². The van der Waals surface area contributed by atoms with Crippen LogP contribution < -0.4 is 10.6 Å². The fraction of sp³-hybridized carbons (Fsp3) is 0.812. The zero-order valence-electron chi connectivity index (χ0n) is 12.9. The molecule has 1 aromatic rings. The lowest BCUT2D eigenvalue weighted by Crippen LogP contribution is -2.48. The Morgan fingerprint density at radius 2 is 1.95 bits per heavy atom. The smallest absolute Gasteiger partial charge is 0.130 e. The molecule has 2 fully saturated rings. The minimum absolute atomic E-state index is 0.710. The zero-order chi connectivity index (χ0) is 14.1. The van der Waals surface area contributed by atoms with E-state index in [0.29, 0.717) is 6.54 Å². The van der Waals surface area contributed by atoms with Gasteiger partial charge in [0.2, 0.25) is 0 Å². The van der Waals surface area contributed by atoms with E-state index in [1.54, 1.807) is 0 Å². The van der Waals surface area contributed by atoms with E-state index in [0.717, 1.165) is 24.1 Å². The summed E-state index contributed by atoms with van der Waals surface area (Å²) in [7, 11) is 2.09. The molecule has 0 bridgehead atoms. The summed E-state index contributed by atoms with van der Waals surface area (Å²) in [4.78, 5) is 2.66. The molecule has 20 heavy (non-hydrogen) atoms. The van der Waals surface area contributed by atoms with Crippen molar-refractivity contribution in [3.05, 3.63) is 11.3 Å². The summed E-state index contributed by atoms with van der Waals surface area (Å²) >= 11 is 0. The van der Waals surface area contributed by atoms with Crippen LogP contribution in [0.15, 0.2) is 0 Å². The molecule has 0 radical (unpaired) electrons. The third-order valence-electron chi connectivity index (χ3n) is 5.22. The largest absolute Gasteiger partial charge is 0.353 e. The third-order valence-corrected chi connectivity index (χ3v) is 5.22. The Labute approximate surface area is 122 Å². The van der Waals surface area contributed by atoms with Gasteiger partial charge in [-0.1, -0.05) is 12.8 Å². The maximum Gasteiger partial charge on any atom is 0.130 e. The van der Waals surface area contributed by atoms with E-state index in [2.05, 4.69) is 28.7 Å². The maximum atomic E-state index is 5.81. The summed E-state index contributed by atoms with van der Waals surface area (Å²) in [6, 6.07) is 0.740. The second-order valence-electron chi connectivity index (χ2n) is 6.50. The van der Waals surface area contributed by atoms with E-state index in [4.69, 9.17) is 5.73 Å². The van der Waals surface area contributed by atoms with Crippen molar-refractivity contribution in [2.45, 2.75) is 57.9 Å². The molecule has 1 aromatic heterocycles. The van der Waals surface area contributed by atoms with E-state index < -0.39 is 0 Å². The van der Waals surface area contributed by atoms with Gasteiger partial charge in [-0.3, -0.25) is 4.68 Å². The second-order valence-corrected chi connectivity index (χ2v) is 6.50. The van der Waals surface area contributed by atoms with Gasteiger partial charge in [0, 0.05) is 25.2 Å². The predicted molar refractivity (Wildman–Crippen MR) is 83.0 cm³/mol. The van der Waals surface area contributed by atoms with Crippen molar-refractivity contribution >= 4 is 5.82 Å². The molecule has 2 heterocycles. The Bertz CT molecular complexity index is 463. The highest BCUT2D eigenvalue weighted by atomic mass is 15.4. The molecule has 112 valence electrons. The van der Waals surface area contributed by atoms with E-state index in [1.807, 2.05) is 0 Å². The van der Waals surface area contributed by atoms with Gasteiger partial charge in [0.1, 0.15) is 5.82 Å². The molecule has 0 amide bonds. The summed E-state index contributed by atoms with van der Waals surface area (Å²) in [6.07, 6.45) is 9.29. The topological polar surface area (TPSA) is 47.1 Å². The van der Waals surface area contributed by atoms with Crippen molar-refractivity contribution in [2.24, 2.45) is 18.7 Å². The minimum Gasteiger partial charge on any atom is -0.353 e. The number of piperidine rings is 1. The average Bonchev–Trinajstić information content (AvgIpc) is 2.73. The Morgan fingerprint density at radius 1 is 1.20 bits per heavy atom. The van der Waals surface area contributed by atoms with Crippen LogP contribution >= 0.6 is 0 Å². The van der Waals surface area contributed by atoms with Crippen molar-refractivity contribution in [1.82, 2.24) is 9.78 Å². The first-order valence-electron chi connectivity index (χ1n) is 8.21. The van der Waals surface area contributed by atoms with Gasteiger partial charge in [0.25, 0.3) is 0 Å². The molecule has 4 nitrogen and oxygen atoms in total. The molecule has 2 aliphatic rings. The van der Waals surface area contributed by atoms with Crippen LogP contribution in [0.4, 0.5) is 5.82 Å². The Balaban J connectivity index is 1.94. The van der Waals surface area contributed by atoms with Crippen molar-refractivity contribution < 1.29 is 0 Å². The van der Waals surface area contributed by atoms with Crippen molar-refractivity contribution in [3.63, 3.8) is 0 Å². The normalized spacial score (nSPS) is 26.6. The van der Waals surface area contributed by atoms with Gasteiger partial charge in [-0.25, -0.2) is 0 Å². The average molecular weight is 276 g/mol. The first-order chi connectivity index (χ1) is 9.72. The lowest BCUT2D eigenvalue weighted by atomic mass is 9.78. The Morgan fingerprint density at radius 3 is 2.75 bits per heavy atom. The summed E-state index contributed by atoms with van der Waals surface area (Å²) < 4.78 is 2.09. The zero-order valence-corrected chi connectivity index (χ0v) is 12.9. The Kier molecular flexibility index (Phi) is 4.01. The second kappa shape index (κ2) is 5.76. The van der Waals surface area contributed by atoms with Crippen LogP contribution in [0.25, 0.3) is 0 Å². The van der Waals surface area contributed by atoms with Crippen LogP contribution in [0.1, 0.15) is 49.8 Å². The van der Waals surface area contributed by atoms with E-state index in [-0.39, 0.29) is 0 Å². The fourth-order valence-corrected chi connectivity index (χ4v) is 4.37. The lowest BCUT2D eigenvalue weighted by molar-refractivity contribution is 0.241. The number of nitrogens with zero attached hydrogens (tertiary/aromatic N) is 3.